The molecule has 0 aromatic heterocycles. The highest BCUT2D eigenvalue weighted by molar-refractivity contribution is 5.94. The summed E-state index contributed by atoms with van der Waals surface area (Å²) in [6, 6.07) is 16.8. The van der Waals surface area contributed by atoms with Crippen LogP contribution in [0.2, 0.25) is 0 Å². The fourth-order valence-corrected chi connectivity index (χ4v) is 3.05. The van der Waals surface area contributed by atoms with Gasteiger partial charge in [0.1, 0.15) is 5.75 Å². The van der Waals surface area contributed by atoms with Crippen LogP contribution >= 0.6 is 0 Å². The molecule has 0 bridgehead atoms. The van der Waals surface area contributed by atoms with E-state index in [-0.39, 0.29) is 5.91 Å². The summed E-state index contributed by atoms with van der Waals surface area (Å²) in [5, 5.41) is 11.8. The molecule has 134 valence electrons. The first-order chi connectivity index (χ1) is 12.7. The van der Waals surface area contributed by atoms with Gasteiger partial charge >= 0.3 is 0 Å². The maximum atomic E-state index is 12.3. The van der Waals surface area contributed by atoms with Crippen molar-refractivity contribution in [3.05, 3.63) is 54.1 Å². The summed E-state index contributed by atoms with van der Waals surface area (Å²) in [6.07, 6.45) is 3.12. The second kappa shape index (κ2) is 8.39. The average Bonchev–Trinajstić information content (AvgIpc) is 2.69. The van der Waals surface area contributed by atoms with Gasteiger partial charge in [0.15, 0.2) is 6.10 Å². The molecule has 0 saturated carbocycles. The van der Waals surface area contributed by atoms with Crippen LogP contribution in [0.4, 0.5) is 11.4 Å². The SMILES string of the molecule is C[C@@H](Oc1cccc(C#N)c1)C(=O)Nc1ccc(N2CCCCC2)cc1. The lowest BCUT2D eigenvalue weighted by molar-refractivity contribution is -0.122. The molecule has 1 fully saturated rings. The number of anilines is 2. The zero-order valence-corrected chi connectivity index (χ0v) is 14.9. The quantitative estimate of drug-likeness (QED) is 0.887. The lowest BCUT2D eigenvalue weighted by Gasteiger charge is -2.28. The minimum Gasteiger partial charge on any atom is -0.481 e. The third kappa shape index (κ3) is 4.54. The number of carbonyl (C=O) groups excluding carboxylic acids is 1. The van der Waals surface area contributed by atoms with E-state index in [1.54, 1.807) is 31.2 Å². The molecule has 26 heavy (non-hydrogen) atoms. The van der Waals surface area contributed by atoms with E-state index in [1.165, 1.54) is 24.9 Å². The van der Waals surface area contributed by atoms with Gasteiger partial charge in [0, 0.05) is 24.5 Å². The molecule has 1 heterocycles. The number of nitrogens with one attached hydrogen (secondary N) is 1. The summed E-state index contributed by atoms with van der Waals surface area (Å²) < 4.78 is 5.64. The molecule has 0 spiro atoms. The Kier molecular flexibility index (Phi) is 5.75. The Morgan fingerprint density at radius 1 is 1.15 bits per heavy atom. The van der Waals surface area contributed by atoms with Crippen LogP contribution in [0.25, 0.3) is 0 Å². The van der Waals surface area contributed by atoms with Crippen molar-refractivity contribution in [2.75, 3.05) is 23.3 Å². The van der Waals surface area contributed by atoms with Crippen molar-refractivity contribution in [2.45, 2.75) is 32.3 Å². The minimum absolute atomic E-state index is 0.224. The van der Waals surface area contributed by atoms with Crippen molar-refractivity contribution in [3.8, 4) is 11.8 Å². The molecule has 0 radical (unpaired) electrons. The zero-order valence-electron chi connectivity index (χ0n) is 14.9. The van der Waals surface area contributed by atoms with E-state index in [0.717, 1.165) is 18.8 Å². The second-order valence-electron chi connectivity index (χ2n) is 6.48. The number of piperidine rings is 1. The summed E-state index contributed by atoms with van der Waals surface area (Å²) in [5.74, 6) is 0.283. The molecule has 2 aromatic carbocycles. The van der Waals surface area contributed by atoms with Crippen molar-refractivity contribution in [1.29, 1.82) is 5.26 Å². The van der Waals surface area contributed by atoms with Crippen LogP contribution in [0.3, 0.4) is 0 Å². The van der Waals surface area contributed by atoms with Gasteiger partial charge in [-0.1, -0.05) is 6.07 Å². The molecule has 3 rings (SSSR count). The Morgan fingerprint density at radius 3 is 2.58 bits per heavy atom. The molecule has 2 aromatic rings. The number of hydrogen-bond acceptors (Lipinski definition) is 4. The van der Waals surface area contributed by atoms with E-state index < -0.39 is 6.10 Å². The summed E-state index contributed by atoms with van der Waals surface area (Å²) in [6.45, 7) is 3.88. The second-order valence-corrected chi connectivity index (χ2v) is 6.48. The molecule has 1 saturated heterocycles. The Hall–Kier alpha value is -3.00. The third-order valence-corrected chi connectivity index (χ3v) is 4.50. The number of nitriles is 1. The number of ether oxygens (including phenoxy) is 1. The van der Waals surface area contributed by atoms with E-state index in [2.05, 4.69) is 16.3 Å². The first-order valence-electron chi connectivity index (χ1n) is 8.98. The number of hydrogen-bond donors (Lipinski definition) is 1. The molecular weight excluding hydrogens is 326 g/mol. The Bertz CT molecular complexity index is 790. The number of benzene rings is 2. The van der Waals surface area contributed by atoms with Crippen molar-refractivity contribution in [1.82, 2.24) is 0 Å². The van der Waals surface area contributed by atoms with Gasteiger partial charge in [-0.3, -0.25) is 4.79 Å². The summed E-state index contributed by atoms with van der Waals surface area (Å²) >= 11 is 0. The first kappa shape index (κ1) is 17.8. The molecule has 0 aliphatic carbocycles. The predicted octanol–water partition coefficient (Wildman–Crippen LogP) is 3.95. The van der Waals surface area contributed by atoms with Crippen molar-refractivity contribution < 1.29 is 9.53 Å². The van der Waals surface area contributed by atoms with Crippen LogP contribution in [-0.4, -0.2) is 25.1 Å². The molecule has 1 amide bonds. The molecule has 1 N–H and O–H groups in total. The van der Waals surface area contributed by atoms with Gasteiger partial charge in [-0.15, -0.1) is 0 Å². The summed E-state index contributed by atoms with van der Waals surface area (Å²) in [7, 11) is 0. The number of amides is 1. The fraction of sp³-hybridized carbons (Fsp3) is 0.333. The number of carbonyl (C=O) groups is 1. The van der Waals surface area contributed by atoms with E-state index in [9.17, 15) is 4.79 Å². The smallest absolute Gasteiger partial charge is 0.265 e. The van der Waals surface area contributed by atoms with Gasteiger partial charge in [-0.25, -0.2) is 0 Å². The highest BCUT2D eigenvalue weighted by atomic mass is 16.5. The largest absolute Gasteiger partial charge is 0.481 e. The molecule has 5 nitrogen and oxygen atoms in total. The number of rotatable bonds is 5. The van der Waals surface area contributed by atoms with Crippen LogP contribution in [-0.2, 0) is 4.79 Å². The Balaban J connectivity index is 1.57. The van der Waals surface area contributed by atoms with Crippen LogP contribution in [0.1, 0.15) is 31.7 Å². The monoisotopic (exact) mass is 349 g/mol. The highest BCUT2D eigenvalue weighted by Crippen LogP contribution is 2.22. The molecular formula is C21H23N3O2. The minimum atomic E-state index is -0.661. The zero-order chi connectivity index (χ0) is 18.4. The van der Waals surface area contributed by atoms with Crippen molar-refractivity contribution in [2.24, 2.45) is 0 Å². The maximum Gasteiger partial charge on any atom is 0.265 e. The van der Waals surface area contributed by atoms with Crippen LogP contribution in [0.15, 0.2) is 48.5 Å². The van der Waals surface area contributed by atoms with Gasteiger partial charge in [-0.2, -0.15) is 5.26 Å². The van der Waals surface area contributed by atoms with Gasteiger partial charge in [0.25, 0.3) is 5.91 Å². The molecule has 0 unspecified atom stereocenters. The lowest BCUT2D eigenvalue weighted by atomic mass is 10.1. The van der Waals surface area contributed by atoms with Gasteiger partial charge in [0.2, 0.25) is 0 Å². The van der Waals surface area contributed by atoms with Gasteiger partial charge in [-0.05, 0) is 68.7 Å². The van der Waals surface area contributed by atoms with E-state index >= 15 is 0 Å². The average molecular weight is 349 g/mol. The standard InChI is InChI=1S/C21H23N3O2/c1-16(26-20-7-5-6-17(14-20)15-22)21(25)23-18-8-10-19(11-9-18)24-12-3-2-4-13-24/h5-11,14,16H,2-4,12-13H2,1H3,(H,23,25)/t16-/m1/s1. The normalized spacial score (nSPS) is 15.0. The maximum absolute atomic E-state index is 12.3. The van der Waals surface area contributed by atoms with Crippen LogP contribution in [0.5, 0.6) is 5.75 Å². The third-order valence-electron chi connectivity index (χ3n) is 4.50. The van der Waals surface area contributed by atoms with Crippen LogP contribution in [0, 0.1) is 11.3 Å². The highest BCUT2D eigenvalue weighted by Gasteiger charge is 2.16. The summed E-state index contributed by atoms with van der Waals surface area (Å²) in [4.78, 5) is 14.7. The van der Waals surface area contributed by atoms with Crippen molar-refractivity contribution in [3.63, 3.8) is 0 Å². The predicted molar refractivity (Wildman–Crippen MR) is 102 cm³/mol. The number of nitrogens with zero attached hydrogens (tertiary/aromatic N) is 2. The van der Waals surface area contributed by atoms with Crippen molar-refractivity contribution >= 4 is 17.3 Å². The lowest BCUT2D eigenvalue weighted by Crippen LogP contribution is -2.30. The van der Waals surface area contributed by atoms with E-state index in [1.807, 2.05) is 24.3 Å². The molecule has 1 aliphatic rings. The van der Waals surface area contributed by atoms with E-state index in [4.69, 9.17) is 10.00 Å². The van der Waals surface area contributed by atoms with Crippen LogP contribution < -0.4 is 15.0 Å². The Morgan fingerprint density at radius 2 is 1.88 bits per heavy atom. The topological polar surface area (TPSA) is 65.4 Å². The fourth-order valence-electron chi connectivity index (χ4n) is 3.05. The van der Waals surface area contributed by atoms with Gasteiger partial charge < -0.3 is 15.0 Å². The molecule has 1 atom stereocenters. The van der Waals surface area contributed by atoms with Gasteiger partial charge in [0.05, 0.1) is 11.6 Å². The Labute approximate surface area is 154 Å². The molecule has 5 heteroatoms. The molecule has 1 aliphatic heterocycles. The first-order valence-corrected chi connectivity index (χ1v) is 8.98. The summed E-state index contributed by atoms with van der Waals surface area (Å²) in [5.41, 5.74) is 2.45. The van der Waals surface area contributed by atoms with E-state index in [0.29, 0.717) is 11.3 Å².